The number of thiazole rings is 1. The number of methoxy groups -OCH3 is 1. The van der Waals surface area contributed by atoms with Crippen molar-refractivity contribution in [1.29, 1.82) is 0 Å². The summed E-state index contributed by atoms with van der Waals surface area (Å²) in [7, 11) is -2.60. The molecule has 1 aliphatic heterocycles. The number of aromatic nitrogens is 1. The highest BCUT2D eigenvalue weighted by Gasteiger charge is 2.46. The maximum absolute atomic E-state index is 14.3. The predicted octanol–water partition coefficient (Wildman–Crippen LogP) is 6.31. The van der Waals surface area contributed by atoms with E-state index in [1.165, 1.54) is 35.5 Å². The highest BCUT2D eigenvalue weighted by Crippen LogP contribution is 2.45. The minimum atomic E-state index is -3.80. The summed E-state index contributed by atoms with van der Waals surface area (Å²) >= 11 is 7.82. The van der Waals surface area contributed by atoms with E-state index in [0.717, 1.165) is 6.07 Å². The normalized spacial score (nSPS) is 20.5. The molecular formula is C33H42ClFN4O8S2. The van der Waals surface area contributed by atoms with Crippen LogP contribution in [0.1, 0.15) is 90.3 Å². The molecule has 2 aliphatic rings. The van der Waals surface area contributed by atoms with Crippen LogP contribution in [-0.2, 0) is 33.8 Å². The minimum Gasteiger partial charge on any atom is -0.466 e. The Morgan fingerprint density at radius 1 is 1.06 bits per heavy atom. The molecule has 49 heavy (non-hydrogen) atoms. The van der Waals surface area contributed by atoms with Crippen LogP contribution in [0.4, 0.5) is 9.18 Å². The lowest BCUT2D eigenvalue weighted by atomic mass is 9.80. The van der Waals surface area contributed by atoms with E-state index >= 15 is 0 Å². The lowest BCUT2D eigenvalue weighted by Crippen LogP contribution is -2.48. The second-order valence-corrected chi connectivity index (χ2v) is 17.0. The molecule has 4 rings (SSSR count). The molecule has 1 saturated carbocycles. The Kier molecular flexibility index (Phi) is 11.9. The summed E-state index contributed by atoms with van der Waals surface area (Å²) in [5, 5.41) is 2.04. The van der Waals surface area contributed by atoms with Crippen LogP contribution in [0.3, 0.4) is 0 Å². The van der Waals surface area contributed by atoms with Crippen LogP contribution < -0.4 is 4.72 Å². The first-order valence-corrected chi connectivity index (χ1v) is 18.7. The molecule has 1 N–H and O–H groups in total. The van der Waals surface area contributed by atoms with Crippen molar-refractivity contribution in [3.63, 3.8) is 0 Å². The Morgan fingerprint density at radius 2 is 1.71 bits per heavy atom. The number of amides is 1. The minimum absolute atomic E-state index is 0.0172. The van der Waals surface area contributed by atoms with E-state index in [1.54, 1.807) is 53.1 Å². The predicted molar refractivity (Wildman–Crippen MR) is 183 cm³/mol. The van der Waals surface area contributed by atoms with Gasteiger partial charge in [0.2, 0.25) is 10.0 Å². The fraction of sp³-hybridized carbons (Fsp3) is 0.545. The van der Waals surface area contributed by atoms with E-state index in [2.05, 4.69) is 9.71 Å². The quantitative estimate of drug-likeness (QED) is 0.230. The molecule has 1 fully saturated rings. The van der Waals surface area contributed by atoms with Gasteiger partial charge in [0, 0.05) is 28.6 Å². The third-order valence-electron chi connectivity index (χ3n) is 7.59. The van der Waals surface area contributed by atoms with E-state index < -0.39 is 62.9 Å². The van der Waals surface area contributed by atoms with Gasteiger partial charge in [-0.05, 0) is 84.9 Å². The summed E-state index contributed by atoms with van der Waals surface area (Å²) in [5.41, 5.74) is -1.08. The number of esters is 2. The molecular weight excluding hydrogens is 699 g/mol. The number of nitrogens with zero attached hydrogens (tertiary/aromatic N) is 3. The lowest BCUT2D eigenvalue weighted by Gasteiger charge is -2.40. The van der Waals surface area contributed by atoms with Crippen LogP contribution in [0.5, 0.6) is 0 Å². The van der Waals surface area contributed by atoms with Crippen molar-refractivity contribution in [1.82, 2.24) is 14.6 Å². The Labute approximate surface area is 295 Å². The number of carbonyl (C=O) groups excluding carboxylic acids is 3. The van der Waals surface area contributed by atoms with Crippen molar-refractivity contribution < 1.29 is 41.4 Å². The number of hydrogen-bond acceptors (Lipinski definition) is 11. The number of allylic oxidation sites excluding steroid dienone is 1. The second-order valence-electron chi connectivity index (χ2n) is 13.8. The summed E-state index contributed by atoms with van der Waals surface area (Å²) in [6.45, 7) is 10.2. The molecule has 0 radical (unpaired) electrons. The van der Waals surface area contributed by atoms with Crippen LogP contribution in [0.15, 0.2) is 46.0 Å². The van der Waals surface area contributed by atoms with Gasteiger partial charge in [-0.15, -0.1) is 11.3 Å². The molecule has 2 heterocycles. The van der Waals surface area contributed by atoms with Crippen LogP contribution >= 0.6 is 22.9 Å². The van der Waals surface area contributed by atoms with Crippen molar-refractivity contribution in [2.75, 3.05) is 12.9 Å². The largest absolute Gasteiger partial charge is 0.466 e. The SMILES string of the molecule is COC(=O)C1=C([C@H]2CC[C@H](NS(=O)(=O)CCC(=O)OC(C)(C)C)CC2)N=C(c2nccs2)N(C(=O)OC(C)(C)C)C1c1ccc(F)cc1Cl. The zero-order valence-electron chi connectivity index (χ0n) is 28.5. The molecule has 2 aromatic rings. The molecule has 268 valence electrons. The summed E-state index contributed by atoms with van der Waals surface area (Å²) in [6.07, 6.45) is 2.06. The van der Waals surface area contributed by atoms with Crippen LogP contribution in [0.2, 0.25) is 5.02 Å². The van der Waals surface area contributed by atoms with Gasteiger partial charge in [-0.25, -0.2) is 42.0 Å². The fourth-order valence-electron chi connectivity index (χ4n) is 5.67. The summed E-state index contributed by atoms with van der Waals surface area (Å²) < 4.78 is 58.9. The molecule has 0 spiro atoms. The van der Waals surface area contributed by atoms with E-state index in [9.17, 15) is 27.2 Å². The van der Waals surface area contributed by atoms with Crippen molar-refractivity contribution in [2.24, 2.45) is 10.9 Å². The van der Waals surface area contributed by atoms with Crippen LogP contribution in [0.25, 0.3) is 0 Å². The Hall–Kier alpha value is -3.40. The standard InChI is InChI=1S/C33H42ClFN4O8S2/c1-32(2,3)46-24(40)14-17-49(43,44)38-21-11-8-19(9-12-21)26-25(30(41)45-7)27(22-13-10-20(35)18-23(22)34)39(31(42)47-33(4,5)6)28(37-26)29-36-15-16-48-29/h10,13,15-16,18-19,21,27,38H,8-9,11-12,14,17H2,1-7H3/t19-,21-,27?. The van der Waals surface area contributed by atoms with Crippen LogP contribution in [-0.4, -0.2) is 72.3 Å². The monoisotopic (exact) mass is 740 g/mol. The number of halogens is 2. The maximum atomic E-state index is 14.3. The first-order chi connectivity index (χ1) is 22.8. The third kappa shape index (κ3) is 10.1. The molecule has 0 saturated heterocycles. The van der Waals surface area contributed by atoms with Gasteiger partial charge < -0.3 is 14.2 Å². The van der Waals surface area contributed by atoms with E-state index in [4.69, 9.17) is 30.8 Å². The van der Waals surface area contributed by atoms with Gasteiger partial charge >= 0.3 is 18.0 Å². The molecule has 0 bridgehead atoms. The van der Waals surface area contributed by atoms with E-state index in [1.807, 2.05) is 0 Å². The molecule has 1 aromatic carbocycles. The average Bonchev–Trinajstić information content (AvgIpc) is 3.52. The number of sulfonamides is 1. The van der Waals surface area contributed by atoms with Crippen molar-refractivity contribution in [2.45, 2.75) is 96.9 Å². The number of amidine groups is 1. The van der Waals surface area contributed by atoms with Crippen molar-refractivity contribution in [3.8, 4) is 0 Å². The van der Waals surface area contributed by atoms with Gasteiger partial charge in [0.25, 0.3) is 0 Å². The Balaban J connectivity index is 1.72. The number of aliphatic imine (C=N–C) groups is 1. The smallest absolute Gasteiger partial charge is 0.416 e. The van der Waals surface area contributed by atoms with Crippen molar-refractivity contribution in [3.05, 3.63) is 62.5 Å². The number of carbonyl (C=O) groups is 3. The number of hydrogen-bond donors (Lipinski definition) is 1. The number of ether oxygens (including phenoxy) is 3. The van der Waals surface area contributed by atoms with Gasteiger partial charge in [-0.2, -0.15) is 0 Å². The highest BCUT2D eigenvalue weighted by molar-refractivity contribution is 7.89. The third-order valence-corrected chi connectivity index (χ3v) is 10.1. The summed E-state index contributed by atoms with van der Waals surface area (Å²) in [6, 6.07) is 2.01. The molecule has 1 aromatic heterocycles. The zero-order valence-corrected chi connectivity index (χ0v) is 30.9. The first-order valence-electron chi connectivity index (χ1n) is 15.8. The molecule has 1 atom stereocenters. The summed E-state index contributed by atoms with van der Waals surface area (Å²) in [5.74, 6) is -2.66. The van der Waals surface area contributed by atoms with Gasteiger partial charge in [0.15, 0.2) is 10.8 Å². The molecule has 16 heteroatoms. The maximum Gasteiger partial charge on any atom is 0.416 e. The first kappa shape index (κ1) is 38.4. The average molecular weight is 741 g/mol. The van der Waals surface area contributed by atoms with Crippen LogP contribution in [0, 0.1) is 11.7 Å². The Bertz CT molecular complexity index is 1730. The zero-order chi connectivity index (χ0) is 36.3. The van der Waals surface area contributed by atoms with E-state index in [0.29, 0.717) is 36.4 Å². The second kappa shape index (κ2) is 15.2. The molecule has 1 amide bonds. The molecule has 1 aliphatic carbocycles. The van der Waals surface area contributed by atoms with Gasteiger partial charge in [0.1, 0.15) is 23.1 Å². The number of nitrogens with one attached hydrogen (secondary N) is 1. The summed E-state index contributed by atoms with van der Waals surface area (Å²) in [4.78, 5) is 50.3. The topological polar surface area (TPSA) is 154 Å². The fourth-order valence-corrected chi connectivity index (χ4v) is 7.86. The highest BCUT2D eigenvalue weighted by atomic mass is 35.5. The van der Waals surface area contributed by atoms with Gasteiger partial charge in [0.05, 0.1) is 30.6 Å². The van der Waals surface area contributed by atoms with Crippen molar-refractivity contribution >= 4 is 56.8 Å². The van der Waals surface area contributed by atoms with Gasteiger partial charge in [-0.3, -0.25) is 4.79 Å². The Morgan fingerprint density at radius 3 is 2.27 bits per heavy atom. The lowest BCUT2D eigenvalue weighted by molar-refractivity contribution is -0.154. The molecule has 12 nitrogen and oxygen atoms in total. The van der Waals surface area contributed by atoms with E-state index in [-0.39, 0.29) is 34.3 Å². The molecule has 1 unspecified atom stereocenters. The number of benzene rings is 1. The number of rotatable bonds is 9. The van der Waals surface area contributed by atoms with Gasteiger partial charge in [-0.1, -0.05) is 17.7 Å².